The second kappa shape index (κ2) is 10.9. The number of fused-ring (bicyclic) bond motifs is 1. The smallest absolute Gasteiger partial charge is 0.319 e. The number of methoxy groups -OCH3 is 2. The van der Waals surface area contributed by atoms with Crippen LogP contribution in [0.5, 0.6) is 11.9 Å². The van der Waals surface area contributed by atoms with Crippen LogP contribution in [0, 0.1) is 11.6 Å². The Bertz CT molecular complexity index is 1760. The summed E-state index contributed by atoms with van der Waals surface area (Å²) in [6.45, 7) is 3.57. The molecule has 0 spiro atoms. The van der Waals surface area contributed by atoms with E-state index in [0.29, 0.717) is 16.8 Å². The third kappa shape index (κ3) is 4.71. The van der Waals surface area contributed by atoms with Crippen molar-refractivity contribution in [1.82, 2.24) is 14.5 Å². The van der Waals surface area contributed by atoms with Gasteiger partial charge in [0.05, 0.1) is 36.7 Å². The summed E-state index contributed by atoms with van der Waals surface area (Å²) >= 11 is 12.0. The predicted molar refractivity (Wildman–Crippen MR) is 151 cm³/mol. The number of hydrogen-bond acceptors (Lipinski definition) is 7. The number of nitrogens with zero attached hydrogens (tertiary/aromatic N) is 3. The van der Waals surface area contributed by atoms with Crippen molar-refractivity contribution in [1.29, 1.82) is 0 Å². The van der Waals surface area contributed by atoms with Crippen LogP contribution < -0.4 is 20.1 Å². The molecule has 1 aliphatic heterocycles. The molecule has 1 aliphatic rings. The molecule has 0 bridgehead atoms. The van der Waals surface area contributed by atoms with Gasteiger partial charge in [0.15, 0.2) is 5.60 Å². The number of amides is 2. The number of nitrogens with one attached hydrogen (secondary N) is 2. The molecule has 2 amide bonds. The maximum Gasteiger partial charge on any atom is 0.319 e. The topological polar surface area (TPSA) is 128 Å². The van der Waals surface area contributed by atoms with Crippen molar-refractivity contribution in [3.63, 3.8) is 0 Å². The fraction of sp³-hybridized carbons (Fsp3) is 0.214. The van der Waals surface area contributed by atoms with Crippen LogP contribution in [-0.4, -0.2) is 45.7 Å². The fourth-order valence-corrected chi connectivity index (χ4v) is 5.26. The van der Waals surface area contributed by atoms with Gasteiger partial charge in [-0.1, -0.05) is 43.1 Å². The number of anilines is 2. The summed E-state index contributed by atoms with van der Waals surface area (Å²) in [6.07, 6.45) is 2.73. The SMILES string of the molecule is COc1ncc(-n2cc(C(=O)Nc3cc(Cl)c(F)cc3F)c(C3(O)C(=O)Nc4cc(Cl)ccc43)c2C(C)C)c(OC)n1. The van der Waals surface area contributed by atoms with Crippen LogP contribution in [0.15, 0.2) is 42.7 Å². The van der Waals surface area contributed by atoms with Crippen molar-refractivity contribution < 1.29 is 33.0 Å². The number of ether oxygens (including phenoxy) is 2. The second-order valence-electron chi connectivity index (χ2n) is 9.63. The molecule has 0 fully saturated rings. The molecule has 0 saturated heterocycles. The van der Waals surface area contributed by atoms with E-state index in [1.807, 2.05) is 0 Å². The van der Waals surface area contributed by atoms with Gasteiger partial charge >= 0.3 is 6.01 Å². The summed E-state index contributed by atoms with van der Waals surface area (Å²) in [4.78, 5) is 35.7. The molecule has 2 aromatic heterocycles. The van der Waals surface area contributed by atoms with E-state index < -0.39 is 45.7 Å². The Kier molecular flexibility index (Phi) is 7.56. The number of carbonyl (C=O) groups excluding carboxylic acids is 2. The summed E-state index contributed by atoms with van der Waals surface area (Å²) in [6, 6.07) is 5.88. The van der Waals surface area contributed by atoms with E-state index in [2.05, 4.69) is 20.6 Å². The largest absolute Gasteiger partial charge is 0.479 e. The third-order valence-corrected chi connectivity index (χ3v) is 7.28. The first-order valence-corrected chi connectivity index (χ1v) is 13.2. The molecule has 42 heavy (non-hydrogen) atoms. The number of halogens is 4. The Balaban J connectivity index is 1.81. The molecule has 2 aromatic carbocycles. The lowest BCUT2D eigenvalue weighted by molar-refractivity contribution is -0.129. The van der Waals surface area contributed by atoms with Crippen LogP contribution in [0.25, 0.3) is 5.69 Å². The molecule has 3 N–H and O–H groups in total. The Morgan fingerprint density at radius 3 is 2.55 bits per heavy atom. The number of hydrogen-bond donors (Lipinski definition) is 3. The molecular weight excluding hydrogens is 595 g/mol. The van der Waals surface area contributed by atoms with E-state index in [1.165, 1.54) is 49.4 Å². The van der Waals surface area contributed by atoms with Crippen LogP contribution >= 0.6 is 23.2 Å². The number of aliphatic hydroxyl groups is 1. The van der Waals surface area contributed by atoms with Crippen molar-refractivity contribution in [3.05, 3.63) is 86.8 Å². The molecule has 14 heteroatoms. The Morgan fingerprint density at radius 2 is 1.88 bits per heavy atom. The molecule has 0 aliphatic carbocycles. The normalized spacial score (nSPS) is 15.9. The van der Waals surface area contributed by atoms with E-state index in [4.69, 9.17) is 32.7 Å². The number of rotatable bonds is 7. The summed E-state index contributed by atoms with van der Waals surface area (Å²) in [5.74, 6) is -4.24. The maximum absolute atomic E-state index is 14.6. The fourth-order valence-electron chi connectivity index (χ4n) is 4.93. The highest BCUT2D eigenvalue weighted by Crippen LogP contribution is 2.47. The molecule has 5 rings (SSSR count). The molecular formula is C28H23Cl2F2N5O5. The monoisotopic (exact) mass is 617 g/mol. The first kappa shape index (κ1) is 29.2. The lowest BCUT2D eigenvalue weighted by atomic mass is 9.82. The van der Waals surface area contributed by atoms with Crippen LogP contribution in [0.1, 0.15) is 46.9 Å². The standard InChI is InChI=1S/C28H23Cl2F2N5O5/c1-12(2)23-22(28(40)15-6-5-13(29)7-19(15)35-26(28)39)14(24(38)34-20-8-16(30)17(31)9-18(20)32)11-37(23)21-10-33-27(42-4)36-25(21)41-3/h5-12,40H,1-4H3,(H,34,38)(H,35,39). The van der Waals surface area contributed by atoms with E-state index in [1.54, 1.807) is 13.8 Å². The Morgan fingerprint density at radius 1 is 1.14 bits per heavy atom. The van der Waals surface area contributed by atoms with Gasteiger partial charge < -0.3 is 29.8 Å². The molecule has 10 nitrogen and oxygen atoms in total. The van der Waals surface area contributed by atoms with E-state index in [0.717, 1.165) is 6.07 Å². The highest BCUT2D eigenvalue weighted by Gasteiger charge is 2.51. The van der Waals surface area contributed by atoms with Crippen LogP contribution in [0.2, 0.25) is 10.0 Å². The van der Waals surface area contributed by atoms with Crippen molar-refractivity contribution in [2.24, 2.45) is 0 Å². The minimum atomic E-state index is -2.39. The van der Waals surface area contributed by atoms with Crippen molar-refractivity contribution in [3.8, 4) is 17.6 Å². The lowest BCUT2D eigenvalue weighted by Gasteiger charge is -2.26. The highest BCUT2D eigenvalue weighted by molar-refractivity contribution is 6.31. The van der Waals surface area contributed by atoms with Gasteiger partial charge in [0, 0.05) is 39.8 Å². The lowest BCUT2D eigenvalue weighted by Crippen LogP contribution is -2.38. The van der Waals surface area contributed by atoms with Gasteiger partial charge in [0.25, 0.3) is 11.8 Å². The molecule has 3 heterocycles. The Hall–Kier alpha value is -4.26. The molecule has 218 valence electrons. The molecule has 0 radical (unpaired) electrons. The summed E-state index contributed by atoms with van der Waals surface area (Å²) < 4.78 is 40.5. The second-order valence-corrected chi connectivity index (χ2v) is 10.5. The predicted octanol–water partition coefficient (Wildman–Crippen LogP) is 5.43. The van der Waals surface area contributed by atoms with Gasteiger partial charge in [-0.15, -0.1) is 0 Å². The summed E-state index contributed by atoms with van der Waals surface area (Å²) in [5.41, 5.74) is -2.18. The van der Waals surface area contributed by atoms with Crippen molar-refractivity contribution in [2.45, 2.75) is 25.4 Å². The van der Waals surface area contributed by atoms with Crippen molar-refractivity contribution >= 4 is 46.4 Å². The van der Waals surface area contributed by atoms with Gasteiger partial charge in [-0.25, -0.2) is 13.8 Å². The van der Waals surface area contributed by atoms with E-state index in [9.17, 15) is 23.5 Å². The van der Waals surface area contributed by atoms with Crippen LogP contribution in [0.3, 0.4) is 0 Å². The quantitative estimate of drug-likeness (QED) is 0.236. The first-order chi connectivity index (χ1) is 19.9. The third-order valence-electron chi connectivity index (χ3n) is 6.75. The molecule has 1 atom stereocenters. The highest BCUT2D eigenvalue weighted by atomic mass is 35.5. The number of benzene rings is 2. The number of carbonyl (C=O) groups is 2. The average molecular weight is 618 g/mol. The van der Waals surface area contributed by atoms with Crippen molar-refractivity contribution in [2.75, 3.05) is 24.9 Å². The van der Waals surface area contributed by atoms with E-state index >= 15 is 0 Å². The Labute approximate surface area is 248 Å². The maximum atomic E-state index is 14.6. The van der Waals surface area contributed by atoms with E-state index in [-0.39, 0.29) is 40.0 Å². The summed E-state index contributed by atoms with van der Waals surface area (Å²) in [5, 5.41) is 17.1. The first-order valence-electron chi connectivity index (χ1n) is 12.4. The van der Waals surface area contributed by atoms with Gasteiger partial charge in [0.2, 0.25) is 5.88 Å². The molecule has 4 aromatic rings. The number of aromatic nitrogens is 3. The van der Waals surface area contributed by atoms with Gasteiger partial charge in [-0.05, 0) is 24.1 Å². The summed E-state index contributed by atoms with van der Waals surface area (Å²) in [7, 11) is 2.75. The minimum absolute atomic E-state index is 0.00955. The minimum Gasteiger partial charge on any atom is -0.479 e. The molecule has 1 unspecified atom stereocenters. The van der Waals surface area contributed by atoms with Crippen LogP contribution in [-0.2, 0) is 10.4 Å². The molecule has 0 saturated carbocycles. The average Bonchev–Trinajstić information content (AvgIpc) is 3.47. The zero-order valence-electron chi connectivity index (χ0n) is 22.6. The van der Waals surface area contributed by atoms with Gasteiger partial charge in [-0.2, -0.15) is 4.98 Å². The zero-order chi connectivity index (χ0) is 30.5. The van der Waals surface area contributed by atoms with Crippen LogP contribution in [0.4, 0.5) is 20.2 Å². The van der Waals surface area contributed by atoms with Gasteiger partial charge in [0.1, 0.15) is 17.3 Å². The zero-order valence-corrected chi connectivity index (χ0v) is 24.1. The van der Waals surface area contributed by atoms with Gasteiger partial charge in [-0.3, -0.25) is 9.59 Å².